The highest BCUT2D eigenvalue weighted by molar-refractivity contribution is 5.96. The number of carbonyl (C=O) groups is 1. The third kappa shape index (κ3) is 3.82. The summed E-state index contributed by atoms with van der Waals surface area (Å²) in [6.07, 6.45) is 0. The number of aromatic amines is 1. The Balaban J connectivity index is 1.50. The number of nitrogens with one attached hydrogen (secondary N) is 2. The number of ether oxygens (including phenoxy) is 1. The van der Waals surface area contributed by atoms with Crippen LogP contribution >= 0.6 is 0 Å². The molecule has 1 amide bonds. The fourth-order valence-electron chi connectivity index (χ4n) is 2.85. The van der Waals surface area contributed by atoms with E-state index in [2.05, 4.69) is 15.3 Å². The van der Waals surface area contributed by atoms with Gasteiger partial charge in [0.05, 0.1) is 16.7 Å². The average molecular weight is 357 g/mol. The summed E-state index contributed by atoms with van der Waals surface area (Å²) < 4.78 is 5.55. The number of para-hydroxylation sites is 3. The van der Waals surface area contributed by atoms with Gasteiger partial charge in [-0.1, -0.05) is 42.0 Å². The minimum atomic E-state index is -0.223. The quantitative estimate of drug-likeness (QED) is 0.550. The molecule has 5 heteroatoms. The van der Waals surface area contributed by atoms with E-state index in [4.69, 9.17) is 4.74 Å². The molecule has 3 aromatic carbocycles. The Labute approximate surface area is 157 Å². The van der Waals surface area contributed by atoms with Crippen LogP contribution in [-0.2, 0) is 4.79 Å². The Bertz CT molecular complexity index is 1050. The van der Waals surface area contributed by atoms with Gasteiger partial charge < -0.3 is 15.0 Å². The number of imidazole rings is 1. The largest absolute Gasteiger partial charge is 0.484 e. The molecule has 134 valence electrons. The summed E-state index contributed by atoms with van der Waals surface area (Å²) in [4.78, 5) is 20.3. The summed E-state index contributed by atoms with van der Waals surface area (Å²) in [5.41, 5.74) is 4.51. The first-order chi connectivity index (χ1) is 13.2. The molecule has 27 heavy (non-hydrogen) atoms. The standard InChI is InChI=1S/C22H19N3O2/c1-15-10-12-16(13-11-15)27-14-21(26)23-18-7-3-2-6-17(18)22-24-19-8-4-5-9-20(19)25-22/h2-13H,14H2,1H3,(H,23,26)(H,24,25). The van der Waals surface area contributed by atoms with E-state index in [0.29, 0.717) is 17.3 Å². The topological polar surface area (TPSA) is 67.0 Å². The molecule has 1 aromatic heterocycles. The Morgan fingerprint density at radius 1 is 1.00 bits per heavy atom. The van der Waals surface area contributed by atoms with Crippen LogP contribution in [0.1, 0.15) is 5.56 Å². The molecule has 4 aromatic rings. The molecule has 0 saturated heterocycles. The summed E-state index contributed by atoms with van der Waals surface area (Å²) in [6, 6.07) is 23.0. The molecule has 0 radical (unpaired) electrons. The number of rotatable bonds is 5. The Morgan fingerprint density at radius 2 is 1.74 bits per heavy atom. The monoisotopic (exact) mass is 357 g/mol. The second-order valence-corrected chi connectivity index (χ2v) is 6.30. The Morgan fingerprint density at radius 3 is 2.56 bits per heavy atom. The highest BCUT2D eigenvalue weighted by atomic mass is 16.5. The highest BCUT2D eigenvalue weighted by Crippen LogP contribution is 2.27. The van der Waals surface area contributed by atoms with Crippen LogP contribution in [-0.4, -0.2) is 22.5 Å². The number of fused-ring (bicyclic) bond motifs is 1. The maximum Gasteiger partial charge on any atom is 0.262 e. The smallest absolute Gasteiger partial charge is 0.262 e. The van der Waals surface area contributed by atoms with Gasteiger partial charge in [-0.15, -0.1) is 0 Å². The third-order valence-electron chi connectivity index (χ3n) is 4.24. The molecule has 0 bridgehead atoms. The number of aromatic nitrogens is 2. The fourth-order valence-corrected chi connectivity index (χ4v) is 2.85. The number of carbonyl (C=O) groups excluding carboxylic acids is 1. The summed E-state index contributed by atoms with van der Waals surface area (Å²) in [6.45, 7) is 1.95. The van der Waals surface area contributed by atoms with Crippen LogP contribution in [0.5, 0.6) is 5.75 Å². The lowest BCUT2D eigenvalue weighted by atomic mass is 10.1. The molecule has 0 fully saturated rings. The SMILES string of the molecule is Cc1ccc(OCC(=O)Nc2ccccc2-c2nc3ccccc3[nH]2)cc1. The summed E-state index contributed by atoms with van der Waals surface area (Å²) >= 11 is 0. The van der Waals surface area contributed by atoms with E-state index in [-0.39, 0.29) is 12.5 Å². The van der Waals surface area contributed by atoms with Gasteiger partial charge in [0.25, 0.3) is 5.91 Å². The molecule has 1 heterocycles. The van der Waals surface area contributed by atoms with Gasteiger partial charge in [0.15, 0.2) is 6.61 Å². The molecule has 2 N–H and O–H groups in total. The first kappa shape index (κ1) is 16.8. The predicted octanol–water partition coefficient (Wildman–Crippen LogP) is 4.56. The molecule has 0 aliphatic heterocycles. The van der Waals surface area contributed by atoms with Crippen molar-refractivity contribution in [3.05, 3.63) is 78.4 Å². The number of nitrogens with zero attached hydrogens (tertiary/aromatic N) is 1. The minimum Gasteiger partial charge on any atom is -0.484 e. The van der Waals surface area contributed by atoms with Crippen molar-refractivity contribution in [1.82, 2.24) is 9.97 Å². The lowest BCUT2D eigenvalue weighted by Gasteiger charge is -2.10. The molecule has 0 aliphatic rings. The van der Waals surface area contributed by atoms with Gasteiger partial charge in [0.2, 0.25) is 0 Å². The van der Waals surface area contributed by atoms with E-state index < -0.39 is 0 Å². The fraction of sp³-hybridized carbons (Fsp3) is 0.0909. The van der Waals surface area contributed by atoms with Gasteiger partial charge >= 0.3 is 0 Å². The maximum atomic E-state index is 12.3. The predicted molar refractivity (Wildman–Crippen MR) is 107 cm³/mol. The van der Waals surface area contributed by atoms with E-state index in [0.717, 1.165) is 22.2 Å². The molecular formula is C22H19N3O2. The van der Waals surface area contributed by atoms with Crippen molar-refractivity contribution in [3.8, 4) is 17.1 Å². The van der Waals surface area contributed by atoms with Crippen molar-refractivity contribution in [2.45, 2.75) is 6.92 Å². The molecule has 5 nitrogen and oxygen atoms in total. The van der Waals surface area contributed by atoms with E-state index in [1.807, 2.05) is 79.7 Å². The Kier molecular flexibility index (Phi) is 4.58. The van der Waals surface area contributed by atoms with E-state index in [9.17, 15) is 4.79 Å². The van der Waals surface area contributed by atoms with Gasteiger partial charge in [0, 0.05) is 5.56 Å². The van der Waals surface area contributed by atoms with Crippen LogP contribution in [0.3, 0.4) is 0 Å². The zero-order valence-electron chi connectivity index (χ0n) is 14.9. The highest BCUT2D eigenvalue weighted by Gasteiger charge is 2.12. The van der Waals surface area contributed by atoms with Crippen molar-refractivity contribution in [3.63, 3.8) is 0 Å². The molecule has 4 rings (SSSR count). The zero-order valence-corrected chi connectivity index (χ0v) is 14.9. The van der Waals surface area contributed by atoms with Crippen LogP contribution in [0, 0.1) is 6.92 Å². The summed E-state index contributed by atoms with van der Waals surface area (Å²) in [5.74, 6) is 1.16. The second kappa shape index (κ2) is 7.33. The van der Waals surface area contributed by atoms with Gasteiger partial charge in [0.1, 0.15) is 11.6 Å². The molecule has 0 spiro atoms. The summed E-state index contributed by atoms with van der Waals surface area (Å²) in [5, 5.41) is 2.91. The third-order valence-corrected chi connectivity index (χ3v) is 4.24. The lowest BCUT2D eigenvalue weighted by Crippen LogP contribution is -2.20. The number of anilines is 1. The second-order valence-electron chi connectivity index (χ2n) is 6.30. The van der Waals surface area contributed by atoms with Crippen molar-refractivity contribution >= 4 is 22.6 Å². The van der Waals surface area contributed by atoms with Crippen LogP contribution < -0.4 is 10.1 Å². The zero-order chi connectivity index (χ0) is 18.6. The number of hydrogen-bond donors (Lipinski definition) is 2. The molecular weight excluding hydrogens is 338 g/mol. The van der Waals surface area contributed by atoms with Gasteiger partial charge in [-0.05, 0) is 43.3 Å². The van der Waals surface area contributed by atoms with Crippen molar-refractivity contribution in [2.75, 3.05) is 11.9 Å². The van der Waals surface area contributed by atoms with Crippen LogP contribution in [0.25, 0.3) is 22.4 Å². The average Bonchev–Trinajstić information content (AvgIpc) is 3.12. The first-order valence-corrected chi connectivity index (χ1v) is 8.72. The van der Waals surface area contributed by atoms with Gasteiger partial charge in [-0.2, -0.15) is 0 Å². The summed E-state index contributed by atoms with van der Waals surface area (Å²) in [7, 11) is 0. The Hall–Kier alpha value is -3.60. The normalized spacial score (nSPS) is 10.7. The van der Waals surface area contributed by atoms with Crippen molar-refractivity contribution in [1.29, 1.82) is 0 Å². The number of hydrogen-bond acceptors (Lipinski definition) is 3. The van der Waals surface area contributed by atoms with Crippen LogP contribution in [0.2, 0.25) is 0 Å². The van der Waals surface area contributed by atoms with Crippen molar-refractivity contribution in [2.24, 2.45) is 0 Å². The molecule has 0 unspecified atom stereocenters. The van der Waals surface area contributed by atoms with E-state index >= 15 is 0 Å². The van der Waals surface area contributed by atoms with Crippen LogP contribution in [0.4, 0.5) is 5.69 Å². The van der Waals surface area contributed by atoms with E-state index in [1.165, 1.54) is 0 Å². The van der Waals surface area contributed by atoms with Crippen molar-refractivity contribution < 1.29 is 9.53 Å². The maximum absolute atomic E-state index is 12.3. The van der Waals surface area contributed by atoms with Gasteiger partial charge in [-0.25, -0.2) is 4.98 Å². The molecule has 0 saturated carbocycles. The number of H-pyrrole nitrogens is 1. The van der Waals surface area contributed by atoms with Gasteiger partial charge in [-0.3, -0.25) is 4.79 Å². The number of benzene rings is 3. The van der Waals surface area contributed by atoms with Crippen LogP contribution in [0.15, 0.2) is 72.8 Å². The number of amides is 1. The lowest BCUT2D eigenvalue weighted by molar-refractivity contribution is -0.118. The molecule has 0 aliphatic carbocycles. The minimum absolute atomic E-state index is 0.0580. The first-order valence-electron chi connectivity index (χ1n) is 8.72. The molecule has 0 atom stereocenters. The van der Waals surface area contributed by atoms with E-state index in [1.54, 1.807) is 0 Å². The number of aryl methyl sites for hydroxylation is 1.